The second-order valence-corrected chi connectivity index (χ2v) is 6.82. The minimum atomic E-state index is -0.159. The number of likely N-dealkylation sites (tertiary alicyclic amines) is 1. The highest BCUT2D eigenvalue weighted by Gasteiger charge is 2.17. The summed E-state index contributed by atoms with van der Waals surface area (Å²) in [6.07, 6.45) is 5.29. The molecule has 0 aromatic heterocycles. The van der Waals surface area contributed by atoms with Gasteiger partial charge in [0.2, 0.25) is 5.91 Å². The van der Waals surface area contributed by atoms with Crippen LogP contribution in [-0.4, -0.2) is 29.9 Å². The molecule has 23 heavy (non-hydrogen) atoms. The topological polar surface area (TPSA) is 58.4 Å². The molecule has 0 aliphatic carbocycles. The number of carbonyl (C=O) groups excluding carboxylic acids is 1. The molecule has 4 heteroatoms. The van der Waals surface area contributed by atoms with Crippen LogP contribution >= 0.6 is 0 Å². The van der Waals surface area contributed by atoms with Crippen LogP contribution in [0.2, 0.25) is 0 Å². The number of amides is 1. The normalized spacial score (nSPS) is 18.9. The largest absolute Gasteiger partial charge is 0.352 e. The van der Waals surface area contributed by atoms with Crippen LogP contribution in [0, 0.1) is 5.92 Å². The van der Waals surface area contributed by atoms with Gasteiger partial charge in [0.1, 0.15) is 0 Å². The van der Waals surface area contributed by atoms with Crippen LogP contribution in [0.1, 0.15) is 50.7 Å². The summed E-state index contributed by atoms with van der Waals surface area (Å²) in [6.45, 7) is 7.68. The predicted octanol–water partition coefficient (Wildman–Crippen LogP) is 2.66. The molecule has 2 unspecified atom stereocenters. The molecule has 1 aromatic carbocycles. The van der Waals surface area contributed by atoms with Gasteiger partial charge in [0.05, 0.1) is 0 Å². The number of rotatable bonds is 6. The van der Waals surface area contributed by atoms with E-state index in [1.54, 1.807) is 0 Å². The van der Waals surface area contributed by atoms with E-state index in [0.717, 1.165) is 6.54 Å². The molecule has 0 radical (unpaired) electrons. The minimum absolute atomic E-state index is 0.0320. The third-order valence-electron chi connectivity index (χ3n) is 4.87. The SMILES string of the molecule is CC(N)C(C)C(=O)NCc1ccccc1CN1CCCCCC1. The van der Waals surface area contributed by atoms with Gasteiger partial charge < -0.3 is 11.1 Å². The fourth-order valence-electron chi connectivity index (χ4n) is 3.00. The summed E-state index contributed by atoms with van der Waals surface area (Å²) < 4.78 is 0. The summed E-state index contributed by atoms with van der Waals surface area (Å²) in [4.78, 5) is 14.6. The first-order valence-electron chi connectivity index (χ1n) is 8.90. The number of hydrogen-bond acceptors (Lipinski definition) is 3. The van der Waals surface area contributed by atoms with Gasteiger partial charge >= 0.3 is 0 Å². The molecule has 4 nitrogen and oxygen atoms in total. The number of nitrogens with zero attached hydrogens (tertiary/aromatic N) is 1. The van der Waals surface area contributed by atoms with Crippen molar-refractivity contribution in [3.05, 3.63) is 35.4 Å². The lowest BCUT2D eigenvalue weighted by atomic mass is 10.0. The zero-order valence-electron chi connectivity index (χ0n) is 14.6. The Hall–Kier alpha value is -1.39. The maximum atomic E-state index is 12.1. The minimum Gasteiger partial charge on any atom is -0.352 e. The van der Waals surface area contributed by atoms with Crippen LogP contribution in [-0.2, 0) is 17.9 Å². The lowest BCUT2D eigenvalue weighted by molar-refractivity contribution is -0.125. The van der Waals surface area contributed by atoms with Crippen LogP contribution in [0.25, 0.3) is 0 Å². The van der Waals surface area contributed by atoms with Crippen molar-refractivity contribution in [2.45, 2.75) is 58.7 Å². The molecule has 1 fully saturated rings. The number of carbonyl (C=O) groups is 1. The van der Waals surface area contributed by atoms with Crippen molar-refractivity contribution >= 4 is 5.91 Å². The maximum absolute atomic E-state index is 12.1. The van der Waals surface area contributed by atoms with E-state index in [2.05, 4.69) is 28.4 Å². The van der Waals surface area contributed by atoms with Crippen molar-refractivity contribution in [2.75, 3.05) is 13.1 Å². The van der Waals surface area contributed by atoms with Crippen molar-refractivity contribution in [3.63, 3.8) is 0 Å². The van der Waals surface area contributed by atoms with E-state index in [9.17, 15) is 4.79 Å². The number of nitrogens with one attached hydrogen (secondary N) is 1. The van der Waals surface area contributed by atoms with Crippen molar-refractivity contribution in [1.29, 1.82) is 0 Å². The summed E-state index contributed by atoms with van der Waals surface area (Å²) in [5.74, 6) is -0.127. The predicted molar refractivity (Wildman–Crippen MR) is 94.8 cm³/mol. The smallest absolute Gasteiger partial charge is 0.224 e. The highest BCUT2D eigenvalue weighted by Crippen LogP contribution is 2.16. The van der Waals surface area contributed by atoms with Crippen molar-refractivity contribution in [2.24, 2.45) is 11.7 Å². The Bertz CT molecular complexity index is 493. The molecule has 1 amide bonds. The molecular weight excluding hydrogens is 286 g/mol. The third kappa shape index (κ3) is 5.63. The van der Waals surface area contributed by atoms with Gasteiger partial charge in [-0.15, -0.1) is 0 Å². The third-order valence-corrected chi connectivity index (χ3v) is 4.87. The molecule has 2 rings (SSSR count). The lowest BCUT2D eigenvalue weighted by Crippen LogP contribution is -2.38. The van der Waals surface area contributed by atoms with Crippen molar-refractivity contribution < 1.29 is 4.79 Å². The Labute approximate surface area is 140 Å². The Morgan fingerprint density at radius 2 is 1.74 bits per heavy atom. The molecular formula is C19H31N3O. The van der Waals surface area contributed by atoms with Crippen LogP contribution in [0.4, 0.5) is 0 Å². The van der Waals surface area contributed by atoms with E-state index in [1.807, 2.05) is 19.9 Å². The standard InChI is InChI=1S/C19H31N3O/c1-15(16(2)20)19(23)21-13-17-9-5-6-10-18(17)14-22-11-7-3-4-8-12-22/h5-6,9-10,15-16H,3-4,7-8,11-14,20H2,1-2H3,(H,21,23). The molecule has 0 bridgehead atoms. The molecule has 3 N–H and O–H groups in total. The van der Waals surface area contributed by atoms with Gasteiger partial charge in [0, 0.05) is 25.0 Å². The zero-order chi connectivity index (χ0) is 16.7. The van der Waals surface area contributed by atoms with E-state index in [0.29, 0.717) is 6.54 Å². The van der Waals surface area contributed by atoms with Crippen LogP contribution in [0.5, 0.6) is 0 Å². The molecule has 0 spiro atoms. The van der Waals surface area contributed by atoms with E-state index in [1.165, 1.54) is 49.9 Å². The summed E-state index contributed by atoms with van der Waals surface area (Å²) in [7, 11) is 0. The summed E-state index contributed by atoms with van der Waals surface area (Å²) in [5, 5.41) is 3.03. The van der Waals surface area contributed by atoms with Gasteiger partial charge in [-0.05, 0) is 44.0 Å². The first kappa shape index (κ1) is 18.0. The highest BCUT2D eigenvalue weighted by atomic mass is 16.1. The number of nitrogens with two attached hydrogens (primary N) is 1. The lowest BCUT2D eigenvalue weighted by Gasteiger charge is -2.22. The summed E-state index contributed by atoms with van der Waals surface area (Å²) in [5.41, 5.74) is 8.34. The molecule has 2 atom stereocenters. The molecule has 1 saturated heterocycles. The monoisotopic (exact) mass is 317 g/mol. The highest BCUT2D eigenvalue weighted by molar-refractivity contribution is 5.78. The van der Waals surface area contributed by atoms with Crippen molar-refractivity contribution in [1.82, 2.24) is 10.2 Å². The van der Waals surface area contributed by atoms with Crippen LogP contribution in [0.15, 0.2) is 24.3 Å². The van der Waals surface area contributed by atoms with E-state index < -0.39 is 0 Å². The summed E-state index contributed by atoms with van der Waals surface area (Å²) >= 11 is 0. The molecule has 1 aromatic rings. The second-order valence-electron chi connectivity index (χ2n) is 6.82. The maximum Gasteiger partial charge on any atom is 0.224 e. The zero-order valence-corrected chi connectivity index (χ0v) is 14.6. The van der Waals surface area contributed by atoms with Gasteiger partial charge in [-0.25, -0.2) is 0 Å². The molecule has 1 aliphatic rings. The van der Waals surface area contributed by atoms with Gasteiger partial charge in [0.15, 0.2) is 0 Å². The Balaban J connectivity index is 1.95. The summed E-state index contributed by atoms with van der Waals surface area (Å²) in [6, 6.07) is 8.30. The fourth-order valence-corrected chi connectivity index (χ4v) is 3.00. The first-order valence-corrected chi connectivity index (χ1v) is 8.90. The first-order chi connectivity index (χ1) is 11.1. The molecule has 0 saturated carbocycles. The molecule has 1 aliphatic heterocycles. The number of benzene rings is 1. The quantitative estimate of drug-likeness (QED) is 0.848. The van der Waals surface area contributed by atoms with Crippen LogP contribution in [0.3, 0.4) is 0 Å². The Morgan fingerprint density at radius 1 is 1.13 bits per heavy atom. The second kappa shape index (κ2) is 9.04. The van der Waals surface area contributed by atoms with E-state index >= 15 is 0 Å². The Morgan fingerprint density at radius 3 is 2.35 bits per heavy atom. The Kier molecular flexibility index (Phi) is 7.06. The number of hydrogen-bond donors (Lipinski definition) is 2. The molecule has 1 heterocycles. The molecule has 128 valence electrons. The van der Waals surface area contributed by atoms with Gasteiger partial charge in [0.25, 0.3) is 0 Å². The van der Waals surface area contributed by atoms with Crippen molar-refractivity contribution in [3.8, 4) is 0 Å². The van der Waals surface area contributed by atoms with E-state index in [-0.39, 0.29) is 17.9 Å². The van der Waals surface area contributed by atoms with Crippen LogP contribution < -0.4 is 11.1 Å². The average molecular weight is 317 g/mol. The van der Waals surface area contributed by atoms with E-state index in [4.69, 9.17) is 5.73 Å². The van der Waals surface area contributed by atoms with Gasteiger partial charge in [-0.2, -0.15) is 0 Å². The average Bonchev–Trinajstić information content (AvgIpc) is 2.81. The fraction of sp³-hybridized carbons (Fsp3) is 0.632. The van der Waals surface area contributed by atoms with Gasteiger partial charge in [-0.3, -0.25) is 9.69 Å². The van der Waals surface area contributed by atoms with Gasteiger partial charge in [-0.1, -0.05) is 44.0 Å².